The van der Waals surface area contributed by atoms with Gasteiger partial charge in [-0.05, 0) is 35.7 Å². The third-order valence-electron chi connectivity index (χ3n) is 7.49. The second kappa shape index (κ2) is 9.74. The van der Waals surface area contributed by atoms with Crippen LogP contribution in [-0.4, -0.2) is 51.9 Å². The van der Waals surface area contributed by atoms with Crippen molar-refractivity contribution in [2.24, 2.45) is 7.05 Å². The number of aryl methyl sites for hydroxylation is 1. The van der Waals surface area contributed by atoms with E-state index >= 15 is 0 Å². The number of hydrogen-bond acceptors (Lipinski definition) is 5. The molecule has 2 fully saturated rings. The average molecular weight is 512 g/mol. The summed E-state index contributed by atoms with van der Waals surface area (Å²) >= 11 is 0. The van der Waals surface area contributed by atoms with E-state index in [0.717, 1.165) is 22.3 Å². The van der Waals surface area contributed by atoms with Gasteiger partial charge in [0.05, 0.1) is 11.0 Å². The molecule has 0 aliphatic carbocycles. The summed E-state index contributed by atoms with van der Waals surface area (Å²) in [5.74, 6) is -3.31. The Morgan fingerprint density at radius 3 is 2.43 bits per heavy atom. The van der Waals surface area contributed by atoms with Gasteiger partial charge in [-0.15, -0.1) is 0 Å². The van der Waals surface area contributed by atoms with E-state index < -0.39 is 17.9 Å². The molecular weight excluding hydrogens is 480 g/mol. The summed E-state index contributed by atoms with van der Waals surface area (Å²) in [6, 6.07) is 13.0. The lowest BCUT2D eigenvalue weighted by Crippen LogP contribution is -2.44. The van der Waals surface area contributed by atoms with Gasteiger partial charge in [-0.1, -0.05) is 24.3 Å². The van der Waals surface area contributed by atoms with Crippen molar-refractivity contribution in [2.45, 2.75) is 50.7 Å². The normalized spacial score (nSPS) is 20.3. The number of halogens is 2. The summed E-state index contributed by atoms with van der Waals surface area (Å²) < 4.78 is 29.9. The number of imide groups is 1. The summed E-state index contributed by atoms with van der Waals surface area (Å²) in [4.78, 5) is 41.4. The lowest BCUT2D eigenvalue weighted by atomic mass is 10.1. The van der Waals surface area contributed by atoms with Crippen LogP contribution >= 0.6 is 0 Å². The molecule has 2 saturated heterocycles. The molecule has 1 N–H and O–H groups in total. The number of imidazole rings is 1. The zero-order chi connectivity index (χ0) is 26.3. The maximum atomic E-state index is 13.4. The molecule has 2 aliphatic heterocycles. The SMILES string of the molecule is CN(Cc1cccc2c1n(C)c(=O)n2C1CCC(=O)NC1=O)c1ccc(CN2CCC(F)(F)CC2)cc1. The first kappa shape index (κ1) is 25.1. The molecule has 37 heavy (non-hydrogen) atoms. The van der Waals surface area contributed by atoms with Gasteiger partial charge >= 0.3 is 5.69 Å². The first-order chi connectivity index (χ1) is 17.6. The van der Waals surface area contributed by atoms with Crippen molar-refractivity contribution in [3.8, 4) is 0 Å². The van der Waals surface area contributed by atoms with Crippen molar-refractivity contribution < 1.29 is 18.4 Å². The maximum Gasteiger partial charge on any atom is 0.329 e. The molecule has 0 spiro atoms. The number of alkyl halides is 2. The smallest absolute Gasteiger partial charge is 0.329 e. The minimum atomic E-state index is -2.54. The van der Waals surface area contributed by atoms with Crippen molar-refractivity contribution in [3.63, 3.8) is 0 Å². The molecule has 0 radical (unpaired) electrons. The number of likely N-dealkylation sites (tertiary alicyclic amines) is 1. The number of aromatic nitrogens is 2. The van der Waals surface area contributed by atoms with Crippen molar-refractivity contribution in [1.29, 1.82) is 0 Å². The third kappa shape index (κ3) is 5.02. The highest BCUT2D eigenvalue weighted by Crippen LogP contribution is 2.29. The molecule has 10 heteroatoms. The fourth-order valence-corrected chi connectivity index (χ4v) is 5.38. The highest BCUT2D eigenvalue weighted by Gasteiger charge is 2.34. The van der Waals surface area contributed by atoms with E-state index in [1.54, 1.807) is 11.6 Å². The number of anilines is 1. The molecule has 1 aromatic heterocycles. The number of nitrogens with one attached hydrogen (secondary N) is 1. The largest absolute Gasteiger partial charge is 0.370 e. The van der Waals surface area contributed by atoms with Crippen LogP contribution in [0.25, 0.3) is 11.0 Å². The van der Waals surface area contributed by atoms with Gasteiger partial charge in [-0.3, -0.25) is 28.9 Å². The number of amides is 2. The Morgan fingerprint density at radius 2 is 1.76 bits per heavy atom. The summed E-state index contributed by atoms with van der Waals surface area (Å²) in [7, 11) is 3.66. The Bertz CT molecular complexity index is 1390. The molecule has 2 aliphatic rings. The standard InChI is InChI=1S/C27H31F2N5O3/c1-31(20-8-6-18(7-9-20)16-33-14-12-27(28,29)13-15-33)17-19-4-3-5-21-24(19)32(2)26(37)34(21)22-10-11-23(35)30-25(22)36/h3-9,22H,10-17H2,1-2H3,(H,30,35,36). The van der Waals surface area contributed by atoms with Crippen molar-refractivity contribution in [2.75, 3.05) is 25.0 Å². The number of para-hydroxylation sites is 1. The van der Waals surface area contributed by atoms with Crippen LogP contribution < -0.4 is 15.9 Å². The molecule has 5 rings (SSSR count). The predicted octanol–water partition coefficient (Wildman–Crippen LogP) is 3.19. The highest BCUT2D eigenvalue weighted by atomic mass is 19.3. The highest BCUT2D eigenvalue weighted by molar-refractivity contribution is 6.00. The molecule has 2 aromatic carbocycles. The number of nitrogens with zero attached hydrogens (tertiary/aromatic N) is 4. The van der Waals surface area contributed by atoms with E-state index in [2.05, 4.69) is 15.1 Å². The van der Waals surface area contributed by atoms with Gasteiger partial charge in [0, 0.05) is 65.2 Å². The van der Waals surface area contributed by atoms with Crippen LogP contribution in [0, 0.1) is 0 Å². The molecule has 2 amide bonds. The molecule has 8 nitrogen and oxygen atoms in total. The molecule has 1 atom stereocenters. The van der Waals surface area contributed by atoms with Crippen LogP contribution in [0.15, 0.2) is 47.3 Å². The minimum absolute atomic E-state index is 0.0901. The topological polar surface area (TPSA) is 79.6 Å². The number of carbonyl (C=O) groups excluding carboxylic acids is 2. The maximum absolute atomic E-state index is 13.4. The number of fused-ring (bicyclic) bond motifs is 1. The first-order valence-electron chi connectivity index (χ1n) is 12.6. The minimum Gasteiger partial charge on any atom is -0.370 e. The van der Waals surface area contributed by atoms with E-state index in [9.17, 15) is 23.2 Å². The lowest BCUT2D eigenvalue weighted by Gasteiger charge is -2.31. The van der Waals surface area contributed by atoms with Crippen molar-refractivity contribution in [1.82, 2.24) is 19.4 Å². The summed E-state index contributed by atoms with van der Waals surface area (Å²) in [6.07, 6.45) is 0.308. The second-order valence-electron chi connectivity index (χ2n) is 10.1. The molecule has 196 valence electrons. The Hall–Kier alpha value is -3.53. The number of rotatable bonds is 6. The number of piperidine rings is 2. The van der Waals surface area contributed by atoms with Gasteiger partial charge in [0.1, 0.15) is 6.04 Å². The van der Waals surface area contributed by atoms with Crippen LogP contribution in [0.3, 0.4) is 0 Å². The molecule has 0 saturated carbocycles. The molecule has 0 bridgehead atoms. The van der Waals surface area contributed by atoms with E-state index in [4.69, 9.17) is 0 Å². The number of benzene rings is 2. The number of carbonyl (C=O) groups is 2. The average Bonchev–Trinajstić information content (AvgIpc) is 3.11. The van der Waals surface area contributed by atoms with E-state index in [1.165, 1.54) is 4.57 Å². The molecular formula is C27H31F2N5O3. The summed E-state index contributed by atoms with van der Waals surface area (Å²) in [5, 5.41) is 2.34. The van der Waals surface area contributed by atoms with Crippen LogP contribution in [0.5, 0.6) is 0 Å². The van der Waals surface area contributed by atoms with Gasteiger partial charge in [0.15, 0.2) is 0 Å². The summed E-state index contributed by atoms with van der Waals surface area (Å²) in [5.41, 5.74) is 4.12. The number of hydrogen-bond donors (Lipinski definition) is 1. The van der Waals surface area contributed by atoms with Gasteiger partial charge < -0.3 is 4.90 Å². The second-order valence-corrected chi connectivity index (χ2v) is 10.1. The quantitative estimate of drug-likeness (QED) is 0.515. The molecule has 1 unspecified atom stereocenters. The summed E-state index contributed by atoms with van der Waals surface area (Å²) in [6.45, 7) is 1.98. The Kier molecular flexibility index (Phi) is 6.61. The Labute approximate surface area is 213 Å². The zero-order valence-electron chi connectivity index (χ0n) is 21.0. The van der Waals surface area contributed by atoms with Crippen LogP contribution in [-0.2, 0) is 29.7 Å². The Morgan fingerprint density at radius 1 is 1.05 bits per heavy atom. The predicted molar refractivity (Wildman–Crippen MR) is 137 cm³/mol. The Balaban J connectivity index is 1.34. The van der Waals surface area contributed by atoms with Crippen molar-refractivity contribution >= 4 is 28.5 Å². The first-order valence-corrected chi connectivity index (χ1v) is 12.6. The third-order valence-corrected chi connectivity index (χ3v) is 7.49. The van der Waals surface area contributed by atoms with Crippen molar-refractivity contribution in [3.05, 3.63) is 64.1 Å². The van der Waals surface area contributed by atoms with Gasteiger partial charge in [0.2, 0.25) is 11.8 Å². The van der Waals surface area contributed by atoms with Crippen LogP contribution in [0.1, 0.15) is 42.9 Å². The monoisotopic (exact) mass is 511 g/mol. The lowest BCUT2D eigenvalue weighted by molar-refractivity contribution is -0.135. The fraction of sp³-hybridized carbons (Fsp3) is 0.444. The fourth-order valence-electron chi connectivity index (χ4n) is 5.38. The van der Waals surface area contributed by atoms with Crippen LogP contribution in [0.4, 0.5) is 14.5 Å². The van der Waals surface area contributed by atoms with Gasteiger partial charge in [0.25, 0.3) is 5.92 Å². The van der Waals surface area contributed by atoms with Gasteiger partial charge in [-0.2, -0.15) is 0 Å². The van der Waals surface area contributed by atoms with Crippen LogP contribution in [0.2, 0.25) is 0 Å². The molecule has 3 heterocycles. The van der Waals surface area contributed by atoms with Gasteiger partial charge in [-0.25, -0.2) is 13.6 Å². The molecule has 3 aromatic rings. The zero-order valence-corrected chi connectivity index (χ0v) is 21.0. The van der Waals surface area contributed by atoms with E-state index in [1.807, 2.05) is 49.5 Å². The van der Waals surface area contributed by atoms with E-state index in [-0.39, 0.29) is 30.9 Å². The van der Waals surface area contributed by atoms with E-state index in [0.29, 0.717) is 38.1 Å².